The normalized spacial score (nSPS) is 11.9. The van der Waals surface area contributed by atoms with E-state index in [4.69, 9.17) is 0 Å². The lowest BCUT2D eigenvalue weighted by Gasteiger charge is -2.14. The standard InChI is InChI=1S/C12H12F4O2S/c1-19-9-4-2-8(3-5-9)10(17)6-18-7-12(15,16)11(13)14/h2-5,11H,6-7H2,1H3. The van der Waals surface area contributed by atoms with E-state index in [-0.39, 0.29) is 5.56 Å². The lowest BCUT2D eigenvalue weighted by Crippen LogP contribution is -2.33. The molecule has 0 spiro atoms. The minimum absolute atomic E-state index is 0.290. The van der Waals surface area contributed by atoms with E-state index in [1.165, 1.54) is 23.9 Å². The number of hydrogen-bond acceptors (Lipinski definition) is 3. The summed E-state index contributed by atoms with van der Waals surface area (Å²) in [6.07, 6.45) is -1.93. The number of halogens is 4. The van der Waals surface area contributed by atoms with Crippen LogP contribution in [0.25, 0.3) is 0 Å². The predicted octanol–water partition coefficient (Wildman–Crippen LogP) is 3.51. The molecule has 0 radical (unpaired) electrons. The summed E-state index contributed by atoms with van der Waals surface area (Å²) in [7, 11) is 0. The molecule has 1 aromatic carbocycles. The second kappa shape index (κ2) is 6.91. The fraction of sp³-hybridized carbons (Fsp3) is 0.417. The summed E-state index contributed by atoms with van der Waals surface area (Å²) in [5.41, 5.74) is 0.290. The highest BCUT2D eigenvalue weighted by atomic mass is 32.2. The Kier molecular flexibility index (Phi) is 5.81. The van der Waals surface area contributed by atoms with E-state index in [1.807, 2.05) is 6.26 Å². The zero-order chi connectivity index (χ0) is 14.5. The molecule has 0 aliphatic rings. The van der Waals surface area contributed by atoms with Gasteiger partial charge in [0, 0.05) is 10.5 Å². The molecule has 0 atom stereocenters. The van der Waals surface area contributed by atoms with Crippen molar-refractivity contribution in [1.82, 2.24) is 0 Å². The summed E-state index contributed by atoms with van der Waals surface area (Å²) < 4.78 is 53.0. The van der Waals surface area contributed by atoms with Gasteiger partial charge in [0.25, 0.3) is 0 Å². The van der Waals surface area contributed by atoms with Gasteiger partial charge in [-0.2, -0.15) is 8.78 Å². The number of Topliss-reactive ketones (excluding diaryl/α,β-unsaturated/α-hetero) is 1. The monoisotopic (exact) mass is 296 g/mol. The van der Waals surface area contributed by atoms with Crippen molar-refractivity contribution in [1.29, 1.82) is 0 Å². The summed E-state index contributed by atoms with van der Waals surface area (Å²) >= 11 is 1.49. The SMILES string of the molecule is CSc1ccc(C(=O)COCC(F)(F)C(F)F)cc1. The molecular weight excluding hydrogens is 284 g/mol. The minimum atomic E-state index is -4.23. The van der Waals surface area contributed by atoms with Crippen LogP contribution in [0.1, 0.15) is 10.4 Å². The summed E-state index contributed by atoms with van der Waals surface area (Å²) in [6.45, 7) is -2.12. The van der Waals surface area contributed by atoms with Crippen LogP contribution in [-0.4, -0.2) is 37.6 Å². The Morgan fingerprint density at radius 1 is 1.32 bits per heavy atom. The van der Waals surface area contributed by atoms with E-state index < -0.39 is 31.3 Å². The van der Waals surface area contributed by atoms with Gasteiger partial charge in [0.2, 0.25) is 0 Å². The molecule has 1 rings (SSSR count). The van der Waals surface area contributed by atoms with Gasteiger partial charge in [-0.1, -0.05) is 12.1 Å². The highest BCUT2D eigenvalue weighted by molar-refractivity contribution is 7.98. The van der Waals surface area contributed by atoms with Crippen LogP contribution in [0.3, 0.4) is 0 Å². The van der Waals surface area contributed by atoms with Crippen molar-refractivity contribution in [3.8, 4) is 0 Å². The van der Waals surface area contributed by atoms with E-state index in [0.29, 0.717) is 0 Å². The molecule has 0 amide bonds. The van der Waals surface area contributed by atoms with E-state index in [2.05, 4.69) is 4.74 Å². The third-order valence-corrected chi connectivity index (χ3v) is 3.00. The van der Waals surface area contributed by atoms with Crippen molar-refractivity contribution in [3.63, 3.8) is 0 Å². The van der Waals surface area contributed by atoms with Crippen LogP contribution in [0, 0.1) is 0 Å². The first-order chi connectivity index (χ1) is 8.86. The van der Waals surface area contributed by atoms with Gasteiger partial charge in [0.15, 0.2) is 5.78 Å². The maximum Gasteiger partial charge on any atom is 0.330 e. The van der Waals surface area contributed by atoms with Crippen molar-refractivity contribution in [2.75, 3.05) is 19.5 Å². The van der Waals surface area contributed by atoms with E-state index in [1.54, 1.807) is 12.1 Å². The summed E-state index contributed by atoms with van der Waals surface area (Å²) in [4.78, 5) is 12.5. The van der Waals surface area contributed by atoms with E-state index in [9.17, 15) is 22.4 Å². The van der Waals surface area contributed by atoms with Gasteiger partial charge in [-0.15, -0.1) is 11.8 Å². The van der Waals surface area contributed by atoms with Crippen LogP contribution < -0.4 is 0 Å². The fourth-order valence-corrected chi connectivity index (χ4v) is 1.61. The molecule has 0 aliphatic carbocycles. The number of ketones is 1. The van der Waals surface area contributed by atoms with Crippen LogP contribution in [0.4, 0.5) is 17.6 Å². The average molecular weight is 296 g/mol. The van der Waals surface area contributed by atoms with Crippen molar-refractivity contribution >= 4 is 17.5 Å². The first-order valence-corrected chi connectivity index (χ1v) is 6.50. The molecule has 0 heterocycles. The van der Waals surface area contributed by atoms with Crippen molar-refractivity contribution < 1.29 is 27.1 Å². The Labute approximate surface area is 112 Å². The Hall–Kier alpha value is -1.08. The molecule has 7 heteroatoms. The Balaban J connectivity index is 2.47. The average Bonchev–Trinajstić information content (AvgIpc) is 2.38. The van der Waals surface area contributed by atoms with Crippen LogP contribution in [0.5, 0.6) is 0 Å². The molecule has 0 fully saturated rings. The van der Waals surface area contributed by atoms with Crippen LogP contribution in [0.2, 0.25) is 0 Å². The first kappa shape index (κ1) is 16.0. The Bertz CT molecular complexity index is 420. The number of hydrogen-bond donors (Lipinski definition) is 0. The number of thioether (sulfide) groups is 1. The molecule has 0 bridgehead atoms. The molecule has 0 aliphatic heterocycles. The largest absolute Gasteiger partial charge is 0.367 e. The van der Waals surface area contributed by atoms with Crippen molar-refractivity contribution in [2.45, 2.75) is 17.2 Å². The molecule has 2 nitrogen and oxygen atoms in total. The number of carbonyl (C=O) groups excluding carboxylic acids is 1. The van der Waals surface area contributed by atoms with Gasteiger partial charge < -0.3 is 4.74 Å². The van der Waals surface area contributed by atoms with Crippen molar-refractivity contribution in [2.24, 2.45) is 0 Å². The third kappa shape index (κ3) is 4.83. The van der Waals surface area contributed by atoms with Crippen molar-refractivity contribution in [3.05, 3.63) is 29.8 Å². The van der Waals surface area contributed by atoms with E-state index in [0.717, 1.165) is 4.90 Å². The maximum absolute atomic E-state index is 12.5. The van der Waals surface area contributed by atoms with Gasteiger partial charge >= 0.3 is 12.3 Å². The number of rotatable bonds is 7. The Morgan fingerprint density at radius 2 is 1.89 bits per heavy atom. The van der Waals surface area contributed by atoms with Gasteiger partial charge in [-0.3, -0.25) is 4.79 Å². The van der Waals surface area contributed by atoms with Gasteiger partial charge in [0.05, 0.1) is 0 Å². The van der Waals surface area contributed by atoms with Gasteiger partial charge in [0.1, 0.15) is 13.2 Å². The first-order valence-electron chi connectivity index (χ1n) is 5.28. The molecule has 0 N–H and O–H groups in total. The highest BCUT2D eigenvalue weighted by Gasteiger charge is 2.41. The molecule has 0 aromatic heterocycles. The second-order valence-electron chi connectivity index (χ2n) is 3.71. The molecule has 0 unspecified atom stereocenters. The smallest absolute Gasteiger partial charge is 0.330 e. The molecule has 1 aromatic rings. The summed E-state index contributed by atoms with van der Waals surface area (Å²) in [5, 5.41) is 0. The number of alkyl halides is 4. The third-order valence-electron chi connectivity index (χ3n) is 2.26. The molecule has 19 heavy (non-hydrogen) atoms. The lowest BCUT2D eigenvalue weighted by atomic mass is 10.1. The lowest BCUT2D eigenvalue weighted by molar-refractivity contribution is -0.163. The summed E-state index contributed by atoms with van der Waals surface area (Å²) in [5.74, 6) is -4.76. The molecular formula is C12H12F4O2S. The topological polar surface area (TPSA) is 26.3 Å². The van der Waals surface area contributed by atoms with Gasteiger partial charge in [-0.25, -0.2) is 8.78 Å². The summed E-state index contributed by atoms with van der Waals surface area (Å²) in [6, 6.07) is 6.46. The van der Waals surface area contributed by atoms with E-state index >= 15 is 0 Å². The minimum Gasteiger partial charge on any atom is -0.367 e. The van der Waals surface area contributed by atoms with Crippen LogP contribution in [-0.2, 0) is 4.74 Å². The van der Waals surface area contributed by atoms with Gasteiger partial charge in [-0.05, 0) is 18.4 Å². The second-order valence-corrected chi connectivity index (χ2v) is 4.59. The zero-order valence-electron chi connectivity index (χ0n) is 10.0. The maximum atomic E-state index is 12.5. The molecule has 106 valence electrons. The fourth-order valence-electron chi connectivity index (χ4n) is 1.20. The highest BCUT2D eigenvalue weighted by Crippen LogP contribution is 2.23. The number of benzene rings is 1. The predicted molar refractivity (Wildman–Crippen MR) is 64.3 cm³/mol. The zero-order valence-corrected chi connectivity index (χ0v) is 10.9. The Morgan fingerprint density at radius 3 is 2.37 bits per heavy atom. The molecule has 0 saturated carbocycles. The van der Waals surface area contributed by atoms with Crippen LogP contribution >= 0.6 is 11.8 Å². The van der Waals surface area contributed by atoms with Crippen LogP contribution in [0.15, 0.2) is 29.2 Å². The number of ether oxygens (including phenoxy) is 1. The molecule has 0 saturated heterocycles. The number of carbonyl (C=O) groups is 1. The quantitative estimate of drug-likeness (QED) is 0.437.